The summed E-state index contributed by atoms with van der Waals surface area (Å²) in [5.74, 6) is 0.728. The molecule has 1 aromatic carbocycles. The molecule has 2 amide bonds. The predicted octanol–water partition coefficient (Wildman–Crippen LogP) is 4.62. The Bertz CT molecular complexity index is 1460. The Balaban J connectivity index is 1.13. The first-order valence-electron chi connectivity index (χ1n) is 13.1. The lowest BCUT2D eigenvalue weighted by Gasteiger charge is -2.25. The summed E-state index contributed by atoms with van der Waals surface area (Å²) < 4.78 is 37.8. The highest BCUT2D eigenvalue weighted by molar-refractivity contribution is 7.17. The molecule has 0 saturated heterocycles. The lowest BCUT2D eigenvalue weighted by atomic mass is 9.91. The number of carbonyl (C=O) groups excluding carboxylic acids is 2. The van der Waals surface area contributed by atoms with Gasteiger partial charge >= 0.3 is 6.29 Å². The van der Waals surface area contributed by atoms with Gasteiger partial charge in [0.1, 0.15) is 11.3 Å². The second-order valence-electron chi connectivity index (χ2n) is 10.5. The fourth-order valence-electron chi connectivity index (χ4n) is 5.09. The Morgan fingerprint density at radius 3 is 2.74 bits per heavy atom. The van der Waals surface area contributed by atoms with Crippen LogP contribution in [0.5, 0.6) is 11.5 Å². The van der Waals surface area contributed by atoms with Gasteiger partial charge in [-0.1, -0.05) is 0 Å². The third-order valence-electron chi connectivity index (χ3n) is 7.52. The summed E-state index contributed by atoms with van der Waals surface area (Å²) in [6.07, 6.45) is 4.05. The van der Waals surface area contributed by atoms with Crippen molar-refractivity contribution in [2.24, 2.45) is 11.8 Å². The second kappa shape index (κ2) is 9.18. The highest BCUT2D eigenvalue weighted by atomic mass is 32.1. The Hall–Kier alpha value is -3.74. The maximum atomic E-state index is 13.4. The molecule has 1 aliphatic heterocycles. The van der Waals surface area contributed by atoms with Crippen LogP contribution in [-0.4, -0.2) is 39.4 Å². The normalized spacial score (nSPS) is 20.8. The largest absolute Gasteiger partial charge is 0.586 e. The number of benzene rings is 1. The standard InChI is InChI=1S/C26H26F2N6O4S/c27-26(28)37-18-7-5-15(9-19(18)38-26)31-25-33-30-12-34(25)16-6-8-20-17(10-16)21(23(36)29-11-13-1-2-13)24(39-20)32-22(35)14-3-4-14/h5,7,9,12-14,16H,1-4,6,8,10-11H2,(H,29,36)(H,31,33)(H,32,35)/t16-/m0/s1. The van der Waals surface area contributed by atoms with Crippen LogP contribution in [0.15, 0.2) is 24.5 Å². The van der Waals surface area contributed by atoms with Gasteiger partial charge in [0.05, 0.1) is 5.56 Å². The molecule has 0 unspecified atom stereocenters. The van der Waals surface area contributed by atoms with Gasteiger partial charge in [-0.05, 0) is 68.6 Å². The van der Waals surface area contributed by atoms with E-state index in [-0.39, 0.29) is 35.3 Å². The number of amides is 2. The summed E-state index contributed by atoms with van der Waals surface area (Å²) in [5.41, 5.74) is 2.00. The lowest BCUT2D eigenvalue weighted by molar-refractivity contribution is -0.286. The average Bonchev–Trinajstić information content (AvgIpc) is 3.81. The molecule has 3 heterocycles. The number of nitrogens with zero attached hydrogens (tertiary/aromatic N) is 3. The number of fused-ring (bicyclic) bond motifs is 2. The van der Waals surface area contributed by atoms with Crippen molar-refractivity contribution < 1.29 is 27.8 Å². The maximum absolute atomic E-state index is 13.4. The van der Waals surface area contributed by atoms with Gasteiger partial charge in [-0.2, -0.15) is 0 Å². The number of ether oxygens (including phenoxy) is 2. The number of anilines is 3. The van der Waals surface area contributed by atoms with E-state index in [1.54, 1.807) is 12.4 Å². The minimum atomic E-state index is -3.69. The average molecular weight is 557 g/mol. The number of carbonyl (C=O) groups is 2. The van der Waals surface area contributed by atoms with Gasteiger partial charge in [0.25, 0.3) is 5.91 Å². The summed E-state index contributed by atoms with van der Waals surface area (Å²) >= 11 is 1.50. The molecule has 0 radical (unpaired) electrons. The van der Waals surface area contributed by atoms with Crippen LogP contribution < -0.4 is 25.4 Å². The lowest BCUT2D eigenvalue weighted by Crippen LogP contribution is -2.28. The fraction of sp³-hybridized carbons (Fsp3) is 0.462. The Labute approximate surface area is 226 Å². The topological polar surface area (TPSA) is 119 Å². The molecule has 2 saturated carbocycles. The molecular formula is C26H26F2N6O4S. The molecule has 39 heavy (non-hydrogen) atoms. The second-order valence-corrected chi connectivity index (χ2v) is 11.6. The Morgan fingerprint density at radius 1 is 1.13 bits per heavy atom. The molecule has 1 atom stereocenters. The first kappa shape index (κ1) is 24.3. The number of hydrogen-bond donors (Lipinski definition) is 3. The van der Waals surface area contributed by atoms with Gasteiger partial charge in [-0.25, -0.2) is 0 Å². The molecule has 7 rings (SSSR count). The van der Waals surface area contributed by atoms with E-state index >= 15 is 0 Å². The molecule has 0 bridgehead atoms. The van der Waals surface area contributed by atoms with Crippen LogP contribution in [0.4, 0.5) is 25.4 Å². The molecule has 2 aromatic heterocycles. The van der Waals surface area contributed by atoms with Crippen LogP contribution in [0.3, 0.4) is 0 Å². The van der Waals surface area contributed by atoms with Gasteiger partial charge < -0.3 is 25.4 Å². The zero-order valence-electron chi connectivity index (χ0n) is 20.8. The van der Waals surface area contributed by atoms with E-state index in [1.807, 2.05) is 4.57 Å². The summed E-state index contributed by atoms with van der Waals surface area (Å²) in [7, 11) is 0. The van der Waals surface area contributed by atoms with E-state index in [4.69, 9.17) is 0 Å². The summed E-state index contributed by atoms with van der Waals surface area (Å²) in [5, 5.41) is 18.1. The molecule has 3 aromatic rings. The third-order valence-corrected chi connectivity index (χ3v) is 8.73. The van der Waals surface area contributed by atoms with Crippen LogP contribution in [-0.2, 0) is 17.6 Å². The van der Waals surface area contributed by atoms with Gasteiger partial charge in [0, 0.05) is 35.1 Å². The van der Waals surface area contributed by atoms with E-state index < -0.39 is 6.29 Å². The molecule has 2 fully saturated rings. The van der Waals surface area contributed by atoms with E-state index in [1.165, 1.54) is 23.5 Å². The number of aryl methyl sites for hydroxylation is 1. The maximum Gasteiger partial charge on any atom is 0.586 e. The van der Waals surface area contributed by atoms with Crippen molar-refractivity contribution >= 4 is 39.8 Å². The van der Waals surface area contributed by atoms with Gasteiger partial charge in [0.2, 0.25) is 11.9 Å². The molecule has 3 N–H and O–H groups in total. The van der Waals surface area contributed by atoms with E-state index in [9.17, 15) is 18.4 Å². The Kier molecular flexibility index (Phi) is 5.72. The Morgan fingerprint density at radius 2 is 1.95 bits per heavy atom. The van der Waals surface area contributed by atoms with E-state index in [2.05, 4.69) is 35.6 Å². The van der Waals surface area contributed by atoms with Crippen LogP contribution in [0.25, 0.3) is 0 Å². The molecule has 204 valence electrons. The van der Waals surface area contributed by atoms with Crippen LogP contribution in [0.1, 0.15) is 58.9 Å². The number of hydrogen-bond acceptors (Lipinski definition) is 8. The quantitative estimate of drug-likeness (QED) is 0.370. The molecule has 13 heteroatoms. The van der Waals surface area contributed by atoms with Crippen LogP contribution in [0.2, 0.25) is 0 Å². The van der Waals surface area contributed by atoms with Gasteiger partial charge in [-0.3, -0.25) is 14.2 Å². The van der Waals surface area contributed by atoms with E-state index in [0.717, 1.165) is 49.0 Å². The highest BCUT2D eigenvalue weighted by Gasteiger charge is 2.43. The van der Waals surface area contributed by atoms with Crippen molar-refractivity contribution in [3.05, 3.63) is 40.5 Å². The van der Waals surface area contributed by atoms with E-state index in [0.29, 0.717) is 41.1 Å². The number of aromatic nitrogens is 3. The predicted molar refractivity (Wildman–Crippen MR) is 138 cm³/mol. The first-order chi connectivity index (χ1) is 18.8. The molecule has 3 aliphatic carbocycles. The van der Waals surface area contributed by atoms with Crippen molar-refractivity contribution in [2.75, 3.05) is 17.2 Å². The number of alkyl halides is 2. The first-order valence-corrected chi connectivity index (χ1v) is 13.9. The van der Waals surface area contributed by atoms with Crippen molar-refractivity contribution in [2.45, 2.75) is 57.3 Å². The smallest absolute Gasteiger partial charge is 0.395 e. The van der Waals surface area contributed by atoms with Crippen LogP contribution >= 0.6 is 11.3 Å². The molecule has 10 nitrogen and oxygen atoms in total. The van der Waals surface area contributed by atoms with Crippen molar-refractivity contribution in [3.8, 4) is 11.5 Å². The summed E-state index contributed by atoms with van der Waals surface area (Å²) in [4.78, 5) is 27.1. The minimum Gasteiger partial charge on any atom is -0.395 e. The summed E-state index contributed by atoms with van der Waals surface area (Å²) in [6, 6.07) is 4.37. The fourth-order valence-corrected chi connectivity index (χ4v) is 6.34. The molecular weight excluding hydrogens is 530 g/mol. The number of thiophene rings is 1. The van der Waals surface area contributed by atoms with Gasteiger partial charge in [0.15, 0.2) is 11.5 Å². The van der Waals surface area contributed by atoms with Crippen molar-refractivity contribution in [1.29, 1.82) is 0 Å². The molecule has 0 spiro atoms. The van der Waals surface area contributed by atoms with Crippen molar-refractivity contribution in [1.82, 2.24) is 20.1 Å². The number of rotatable bonds is 8. The van der Waals surface area contributed by atoms with Crippen molar-refractivity contribution in [3.63, 3.8) is 0 Å². The third kappa shape index (κ3) is 4.90. The minimum absolute atomic E-state index is 0.0202. The monoisotopic (exact) mass is 556 g/mol. The number of nitrogens with one attached hydrogen (secondary N) is 3. The highest BCUT2D eigenvalue weighted by Crippen LogP contribution is 2.44. The van der Waals surface area contributed by atoms with Crippen LogP contribution in [0, 0.1) is 11.8 Å². The van der Waals surface area contributed by atoms with Gasteiger partial charge in [-0.15, -0.1) is 30.3 Å². The number of halogens is 2. The zero-order chi connectivity index (χ0) is 26.7. The zero-order valence-corrected chi connectivity index (χ0v) is 21.7. The molecule has 4 aliphatic rings. The SMILES string of the molecule is O=C(NCC1CC1)c1c(NC(=O)C2CC2)sc2c1C[C@@H](n1cnnc1Nc1ccc3c(c1)OC(F)(F)O3)CC2. The summed E-state index contributed by atoms with van der Waals surface area (Å²) in [6.45, 7) is 0.643.